The molecule has 20 heavy (non-hydrogen) atoms. The maximum atomic E-state index is 12.1. The molecule has 1 aliphatic carbocycles. The molecule has 1 aromatic carbocycles. The Morgan fingerprint density at radius 2 is 2.05 bits per heavy atom. The molecule has 2 aliphatic rings. The highest BCUT2D eigenvalue weighted by Gasteiger charge is 2.32. The van der Waals surface area contributed by atoms with Crippen LogP contribution in [-0.2, 0) is 17.6 Å². The van der Waals surface area contributed by atoms with E-state index in [9.17, 15) is 4.79 Å². The highest BCUT2D eigenvalue weighted by atomic mass is 16.2. The Balaban J connectivity index is 1.82. The second-order valence-corrected chi connectivity index (χ2v) is 6.03. The minimum absolute atomic E-state index is 0.0857. The van der Waals surface area contributed by atoms with Gasteiger partial charge in [-0.05, 0) is 49.3 Å². The first kappa shape index (κ1) is 13.2. The van der Waals surface area contributed by atoms with Crippen LogP contribution in [0.15, 0.2) is 18.2 Å². The molecule has 0 radical (unpaired) electrons. The average molecular weight is 267 g/mol. The van der Waals surface area contributed by atoms with Crippen LogP contribution in [0, 0.1) is 18.3 Å². The molecule has 2 heteroatoms. The smallest absolute Gasteiger partial charge is 0.224 e. The van der Waals surface area contributed by atoms with Gasteiger partial charge in [0.05, 0.1) is 6.04 Å². The lowest BCUT2D eigenvalue weighted by Gasteiger charge is -2.26. The van der Waals surface area contributed by atoms with E-state index in [1.165, 1.54) is 42.4 Å². The van der Waals surface area contributed by atoms with Gasteiger partial charge < -0.3 is 4.90 Å². The lowest BCUT2D eigenvalue weighted by molar-refractivity contribution is -0.129. The van der Waals surface area contributed by atoms with Crippen molar-refractivity contribution in [3.05, 3.63) is 34.9 Å². The van der Waals surface area contributed by atoms with Crippen LogP contribution in [0.4, 0.5) is 0 Å². The molecule has 0 N–H and O–H groups in total. The summed E-state index contributed by atoms with van der Waals surface area (Å²) in [6.45, 7) is 2.81. The number of fused-ring (bicyclic) bond motifs is 1. The molecule has 2 unspecified atom stereocenters. The first-order chi connectivity index (χ1) is 9.69. The number of likely N-dealkylation sites (tertiary alicyclic amines) is 1. The predicted molar refractivity (Wildman–Crippen MR) is 80.2 cm³/mol. The summed E-state index contributed by atoms with van der Waals surface area (Å²) in [5, 5.41) is 0. The van der Waals surface area contributed by atoms with Gasteiger partial charge in [0.15, 0.2) is 0 Å². The molecule has 1 aromatic rings. The normalized spacial score (nSPS) is 23.3. The van der Waals surface area contributed by atoms with E-state index in [4.69, 9.17) is 6.42 Å². The van der Waals surface area contributed by atoms with Crippen LogP contribution < -0.4 is 0 Å². The Morgan fingerprint density at radius 3 is 2.75 bits per heavy atom. The van der Waals surface area contributed by atoms with Crippen molar-refractivity contribution in [2.24, 2.45) is 5.92 Å². The number of amides is 1. The zero-order valence-corrected chi connectivity index (χ0v) is 12.1. The van der Waals surface area contributed by atoms with Crippen molar-refractivity contribution < 1.29 is 4.79 Å². The molecule has 2 nitrogen and oxygen atoms in total. The SMILES string of the molecule is C#CC1CC(=O)N(C(C)c2ccc3c(c2)CCCC3)C1. The van der Waals surface area contributed by atoms with Gasteiger partial charge in [0.25, 0.3) is 0 Å². The van der Waals surface area contributed by atoms with Crippen molar-refractivity contribution in [3.8, 4) is 12.3 Å². The Labute approximate surface area is 121 Å². The van der Waals surface area contributed by atoms with Gasteiger partial charge in [0.2, 0.25) is 5.91 Å². The zero-order valence-electron chi connectivity index (χ0n) is 12.1. The number of benzene rings is 1. The van der Waals surface area contributed by atoms with E-state index in [1.54, 1.807) is 0 Å². The van der Waals surface area contributed by atoms with Crippen LogP contribution in [0.2, 0.25) is 0 Å². The molecule has 1 aliphatic heterocycles. The van der Waals surface area contributed by atoms with Crippen molar-refractivity contribution in [1.29, 1.82) is 0 Å². The van der Waals surface area contributed by atoms with E-state index in [2.05, 4.69) is 31.0 Å². The highest BCUT2D eigenvalue weighted by Crippen LogP contribution is 2.31. The van der Waals surface area contributed by atoms with Crippen molar-refractivity contribution in [3.63, 3.8) is 0 Å². The van der Waals surface area contributed by atoms with Gasteiger partial charge in [-0.3, -0.25) is 4.79 Å². The first-order valence-electron chi connectivity index (χ1n) is 7.56. The number of hydrogen-bond acceptors (Lipinski definition) is 1. The molecule has 1 fully saturated rings. The maximum absolute atomic E-state index is 12.1. The monoisotopic (exact) mass is 267 g/mol. The van der Waals surface area contributed by atoms with Crippen LogP contribution in [0.1, 0.15) is 48.9 Å². The third-order valence-electron chi connectivity index (χ3n) is 4.72. The van der Waals surface area contributed by atoms with E-state index >= 15 is 0 Å². The highest BCUT2D eigenvalue weighted by molar-refractivity contribution is 5.79. The minimum Gasteiger partial charge on any atom is -0.335 e. The Bertz CT molecular complexity index is 569. The summed E-state index contributed by atoms with van der Waals surface area (Å²) < 4.78 is 0. The predicted octanol–water partition coefficient (Wildman–Crippen LogP) is 3.11. The fraction of sp³-hybridized carbons (Fsp3) is 0.500. The van der Waals surface area contributed by atoms with Gasteiger partial charge in [0, 0.05) is 18.9 Å². The molecule has 1 saturated heterocycles. The molecular formula is C18H21NO. The molecule has 104 valence electrons. The van der Waals surface area contributed by atoms with E-state index in [0.29, 0.717) is 13.0 Å². The van der Waals surface area contributed by atoms with Crippen molar-refractivity contribution in [2.45, 2.75) is 45.1 Å². The second kappa shape index (κ2) is 5.32. The number of nitrogens with zero attached hydrogens (tertiary/aromatic N) is 1. The Hall–Kier alpha value is -1.75. The van der Waals surface area contributed by atoms with Crippen molar-refractivity contribution in [2.75, 3.05) is 6.54 Å². The van der Waals surface area contributed by atoms with Crippen LogP contribution in [0.3, 0.4) is 0 Å². The molecule has 0 bridgehead atoms. The fourth-order valence-electron chi connectivity index (χ4n) is 3.41. The van der Waals surface area contributed by atoms with E-state index in [1.807, 2.05) is 4.90 Å². The molecule has 3 rings (SSSR count). The third-order valence-corrected chi connectivity index (χ3v) is 4.72. The second-order valence-electron chi connectivity index (χ2n) is 6.03. The molecule has 0 spiro atoms. The van der Waals surface area contributed by atoms with Gasteiger partial charge in [0.1, 0.15) is 0 Å². The lowest BCUT2D eigenvalue weighted by Crippen LogP contribution is -2.28. The van der Waals surface area contributed by atoms with Gasteiger partial charge in [-0.2, -0.15) is 0 Å². The summed E-state index contributed by atoms with van der Waals surface area (Å²) in [4.78, 5) is 14.0. The van der Waals surface area contributed by atoms with Crippen LogP contribution in [0.25, 0.3) is 0 Å². The van der Waals surface area contributed by atoms with Crippen LogP contribution >= 0.6 is 0 Å². The molecule has 1 amide bonds. The fourth-order valence-corrected chi connectivity index (χ4v) is 3.41. The maximum Gasteiger partial charge on any atom is 0.224 e. The molecule has 0 saturated carbocycles. The number of hydrogen-bond donors (Lipinski definition) is 0. The van der Waals surface area contributed by atoms with Crippen LogP contribution in [0.5, 0.6) is 0 Å². The van der Waals surface area contributed by atoms with Gasteiger partial charge in [-0.25, -0.2) is 0 Å². The lowest BCUT2D eigenvalue weighted by atomic mass is 9.89. The Morgan fingerprint density at radius 1 is 1.30 bits per heavy atom. The third kappa shape index (κ3) is 2.33. The van der Waals surface area contributed by atoms with Crippen molar-refractivity contribution in [1.82, 2.24) is 4.90 Å². The summed E-state index contributed by atoms with van der Waals surface area (Å²) in [5.74, 6) is 3.00. The molecule has 2 atom stereocenters. The van der Waals surface area contributed by atoms with E-state index in [0.717, 1.165) is 0 Å². The summed E-state index contributed by atoms with van der Waals surface area (Å²) in [7, 11) is 0. The first-order valence-corrected chi connectivity index (χ1v) is 7.56. The standard InChI is InChI=1S/C18H21NO/c1-3-14-10-18(20)19(12-14)13(2)16-9-8-15-6-4-5-7-17(15)11-16/h1,8-9,11,13-14H,4-7,10,12H2,2H3. The van der Waals surface area contributed by atoms with Gasteiger partial charge >= 0.3 is 0 Å². The van der Waals surface area contributed by atoms with Crippen molar-refractivity contribution >= 4 is 5.91 Å². The number of terminal acetylenes is 1. The number of aryl methyl sites for hydroxylation is 2. The summed E-state index contributed by atoms with van der Waals surface area (Å²) in [6.07, 6.45) is 10.9. The summed E-state index contributed by atoms with van der Waals surface area (Å²) in [5.41, 5.74) is 4.21. The summed E-state index contributed by atoms with van der Waals surface area (Å²) >= 11 is 0. The number of carbonyl (C=O) groups excluding carboxylic acids is 1. The quantitative estimate of drug-likeness (QED) is 0.754. The number of rotatable bonds is 2. The largest absolute Gasteiger partial charge is 0.335 e. The Kier molecular flexibility index (Phi) is 3.53. The number of carbonyl (C=O) groups is 1. The van der Waals surface area contributed by atoms with Gasteiger partial charge in [-0.15, -0.1) is 12.3 Å². The molecule has 1 heterocycles. The summed E-state index contributed by atoms with van der Waals surface area (Å²) in [6, 6.07) is 6.87. The minimum atomic E-state index is 0.0857. The average Bonchev–Trinajstić information content (AvgIpc) is 2.87. The van der Waals surface area contributed by atoms with Crippen LogP contribution in [-0.4, -0.2) is 17.4 Å². The zero-order chi connectivity index (χ0) is 14.1. The topological polar surface area (TPSA) is 20.3 Å². The van der Waals surface area contributed by atoms with E-state index < -0.39 is 0 Å². The molecule has 0 aromatic heterocycles. The molecular weight excluding hydrogens is 246 g/mol. The van der Waals surface area contributed by atoms with E-state index in [-0.39, 0.29) is 17.9 Å². The van der Waals surface area contributed by atoms with Gasteiger partial charge in [-0.1, -0.05) is 18.2 Å².